The van der Waals surface area contributed by atoms with Crippen molar-refractivity contribution in [2.24, 2.45) is 5.92 Å². The van der Waals surface area contributed by atoms with Crippen molar-refractivity contribution in [3.8, 4) is 5.75 Å². The van der Waals surface area contributed by atoms with Crippen molar-refractivity contribution in [1.82, 2.24) is 4.98 Å². The number of carbonyl (C=O) groups is 1. The minimum atomic E-state index is -0.0601. The Morgan fingerprint density at radius 2 is 2.17 bits per heavy atom. The number of ether oxygens (including phenoxy) is 2. The lowest BCUT2D eigenvalue weighted by molar-refractivity contribution is -0.116. The van der Waals surface area contributed by atoms with Crippen molar-refractivity contribution in [3.05, 3.63) is 18.3 Å². The van der Waals surface area contributed by atoms with Gasteiger partial charge in [0, 0.05) is 19.7 Å². The van der Waals surface area contributed by atoms with E-state index >= 15 is 0 Å². The number of aromatic nitrogens is 1. The van der Waals surface area contributed by atoms with Crippen LogP contribution in [0.4, 0.5) is 5.82 Å². The number of methoxy groups -OCH3 is 1. The highest BCUT2D eigenvalue weighted by atomic mass is 16.5. The Kier molecular flexibility index (Phi) is 7.33. The summed E-state index contributed by atoms with van der Waals surface area (Å²) in [6.07, 6.45) is 9.23. The van der Waals surface area contributed by atoms with Crippen LogP contribution in [0, 0.1) is 5.92 Å². The minimum Gasteiger partial charge on any atom is -0.489 e. The average Bonchev–Trinajstić information content (AvgIpc) is 2.59. The van der Waals surface area contributed by atoms with Crippen LogP contribution in [0.25, 0.3) is 0 Å². The van der Waals surface area contributed by atoms with Crippen LogP contribution in [-0.4, -0.2) is 30.7 Å². The number of anilines is 1. The van der Waals surface area contributed by atoms with Gasteiger partial charge in [-0.1, -0.05) is 19.3 Å². The van der Waals surface area contributed by atoms with Gasteiger partial charge < -0.3 is 14.8 Å². The molecule has 1 N–H and O–H groups in total. The standard InChI is InChI=1S/C18H28N2O3/c1-14(22-2)10-11-17(21)20-18-16(9-6-12-19-18)23-13-15-7-4-3-5-8-15/h6,9,12,14-15H,3-5,7-8,10-11,13H2,1-2H3,(H,19,20,21). The summed E-state index contributed by atoms with van der Waals surface area (Å²) < 4.78 is 11.1. The Bertz CT molecular complexity index is 487. The lowest BCUT2D eigenvalue weighted by Gasteiger charge is -2.22. The molecule has 1 saturated carbocycles. The van der Waals surface area contributed by atoms with Gasteiger partial charge in [0.1, 0.15) is 0 Å². The molecule has 0 saturated heterocycles. The van der Waals surface area contributed by atoms with E-state index in [4.69, 9.17) is 9.47 Å². The zero-order valence-corrected chi connectivity index (χ0v) is 14.2. The molecule has 5 heteroatoms. The fourth-order valence-electron chi connectivity index (χ4n) is 2.81. The van der Waals surface area contributed by atoms with Gasteiger partial charge in [0.25, 0.3) is 0 Å². The lowest BCUT2D eigenvalue weighted by Crippen LogP contribution is -2.18. The summed E-state index contributed by atoms with van der Waals surface area (Å²) in [5.41, 5.74) is 0. The van der Waals surface area contributed by atoms with Crippen LogP contribution in [0.5, 0.6) is 5.75 Å². The molecule has 1 unspecified atom stereocenters. The van der Waals surface area contributed by atoms with Gasteiger partial charge in [-0.15, -0.1) is 0 Å². The van der Waals surface area contributed by atoms with Crippen LogP contribution in [-0.2, 0) is 9.53 Å². The zero-order chi connectivity index (χ0) is 16.5. The first kappa shape index (κ1) is 17.7. The SMILES string of the molecule is COC(C)CCC(=O)Nc1ncccc1OCC1CCCCC1. The molecule has 1 amide bonds. The van der Waals surface area contributed by atoms with Crippen LogP contribution in [0.3, 0.4) is 0 Å². The Morgan fingerprint density at radius 1 is 1.39 bits per heavy atom. The second-order valence-electron chi connectivity index (χ2n) is 6.30. The van der Waals surface area contributed by atoms with Gasteiger partial charge in [-0.3, -0.25) is 4.79 Å². The van der Waals surface area contributed by atoms with E-state index in [2.05, 4.69) is 10.3 Å². The predicted octanol–water partition coefficient (Wildman–Crippen LogP) is 3.79. The summed E-state index contributed by atoms with van der Waals surface area (Å²) in [7, 11) is 1.65. The molecule has 1 heterocycles. The second kappa shape index (κ2) is 9.50. The monoisotopic (exact) mass is 320 g/mol. The van der Waals surface area contributed by atoms with Crippen molar-refractivity contribution in [1.29, 1.82) is 0 Å². The molecule has 23 heavy (non-hydrogen) atoms. The van der Waals surface area contributed by atoms with Crippen molar-refractivity contribution < 1.29 is 14.3 Å². The van der Waals surface area contributed by atoms with Crippen molar-refractivity contribution in [2.45, 2.75) is 58.0 Å². The van der Waals surface area contributed by atoms with Crippen molar-refractivity contribution >= 4 is 11.7 Å². The Morgan fingerprint density at radius 3 is 2.91 bits per heavy atom. The number of rotatable bonds is 8. The van der Waals surface area contributed by atoms with Gasteiger partial charge in [0.2, 0.25) is 5.91 Å². The number of nitrogens with zero attached hydrogens (tertiary/aromatic N) is 1. The fraction of sp³-hybridized carbons (Fsp3) is 0.667. The van der Waals surface area contributed by atoms with E-state index in [1.807, 2.05) is 19.1 Å². The fourth-order valence-corrected chi connectivity index (χ4v) is 2.81. The van der Waals surface area contributed by atoms with E-state index in [0.717, 1.165) is 0 Å². The maximum absolute atomic E-state index is 12.0. The number of carbonyl (C=O) groups excluding carboxylic acids is 1. The Hall–Kier alpha value is -1.62. The Balaban J connectivity index is 1.85. The summed E-state index contributed by atoms with van der Waals surface area (Å²) >= 11 is 0. The third-order valence-corrected chi connectivity index (χ3v) is 4.41. The zero-order valence-electron chi connectivity index (χ0n) is 14.2. The molecule has 1 aromatic rings. The molecule has 0 bridgehead atoms. The molecular formula is C18H28N2O3. The van der Waals surface area contributed by atoms with Crippen LogP contribution < -0.4 is 10.1 Å². The van der Waals surface area contributed by atoms with E-state index in [-0.39, 0.29) is 12.0 Å². The van der Waals surface area contributed by atoms with Gasteiger partial charge in [-0.25, -0.2) is 4.98 Å². The highest BCUT2D eigenvalue weighted by Crippen LogP contribution is 2.27. The van der Waals surface area contributed by atoms with Crippen LogP contribution >= 0.6 is 0 Å². The van der Waals surface area contributed by atoms with Gasteiger partial charge in [-0.05, 0) is 44.2 Å². The van der Waals surface area contributed by atoms with Crippen LogP contribution in [0.2, 0.25) is 0 Å². The number of nitrogens with one attached hydrogen (secondary N) is 1. The summed E-state index contributed by atoms with van der Waals surface area (Å²) in [6, 6.07) is 3.70. The summed E-state index contributed by atoms with van der Waals surface area (Å²) in [5.74, 6) is 1.73. The molecule has 128 valence electrons. The van der Waals surface area contributed by atoms with Crippen molar-refractivity contribution in [3.63, 3.8) is 0 Å². The molecule has 1 fully saturated rings. The molecule has 1 aliphatic carbocycles. The molecule has 2 rings (SSSR count). The normalized spacial score (nSPS) is 16.8. The predicted molar refractivity (Wildman–Crippen MR) is 90.6 cm³/mol. The molecule has 0 aromatic carbocycles. The molecule has 0 radical (unpaired) electrons. The summed E-state index contributed by atoms with van der Waals surface area (Å²) in [4.78, 5) is 16.3. The minimum absolute atomic E-state index is 0.0601. The average molecular weight is 320 g/mol. The third kappa shape index (κ3) is 6.18. The van der Waals surface area contributed by atoms with E-state index in [1.165, 1.54) is 32.1 Å². The molecule has 0 spiro atoms. The quantitative estimate of drug-likeness (QED) is 0.791. The lowest BCUT2D eigenvalue weighted by atomic mass is 9.90. The number of hydrogen-bond acceptors (Lipinski definition) is 4. The maximum atomic E-state index is 12.0. The molecule has 1 atom stereocenters. The highest BCUT2D eigenvalue weighted by Gasteiger charge is 2.16. The van der Waals surface area contributed by atoms with E-state index in [0.29, 0.717) is 36.9 Å². The molecule has 1 aromatic heterocycles. The van der Waals surface area contributed by atoms with Gasteiger partial charge in [0.15, 0.2) is 11.6 Å². The first-order valence-corrected chi connectivity index (χ1v) is 8.59. The van der Waals surface area contributed by atoms with Gasteiger partial charge in [0.05, 0.1) is 12.7 Å². The number of pyridine rings is 1. The number of hydrogen-bond donors (Lipinski definition) is 1. The van der Waals surface area contributed by atoms with Crippen molar-refractivity contribution in [2.75, 3.05) is 19.0 Å². The molecule has 1 aliphatic rings. The molecule has 5 nitrogen and oxygen atoms in total. The smallest absolute Gasteiger partial charge is 0.225 e. The van der Waals surface area contributed by atoms with Crippen LogP contribution in [0.15, 0.2) is 18.3 Å². The van der Waals surface area contributed by atoms with E-state index < -0.39 is 0 Å². The third-order valence-electron chi connectivity index (χ3n) is 4.41. The van der Waals surface area contributed by atoms with Gasteiger partial charge >= 0.3 is 0 Å². The largest absolute Gasteiger partial charge is 0.489 e. The van der Waals surface area contributed by atoms with Gasteiger partial charge in [-0.2, -0.15) is 0 Å². The van der Waals surface area contributed by atoms with E-state index in [9.17, 15) is 4.79 Å². The van der Waals surface area contributed by atoms with Crippen LogP contribution in [0.1, 0.15) is 51.9 Å². The molecule has 0 aliphatic heterocycles. The van der Waals surface area contributed by atoms with E-state index in [1.54, 1.807) is 13.3 Å². The maximum Gasteiger partial charge on any atom is 0.225 e. The molecular weight excluding hydrogens is 292 g/mol. The highest BCUT2D eigenvalue weighted by molar-refractivity contribution is 5.91. The number of amides is 1. The second-order valence-corrected chi connectivity index (χ2v) is 6.30. The summed E-state index contributed by atoms with van der Waals surface area (Å²) in [5, 5.41) is 2.85. The Labute approximate surface area is 138 Å². The summed E-state index contributed by atoms with van der Waals surface area (Å²) in [6.45, 7) is 2.65. The first-order chi connectivity index (χ1) is 11.2. The first-order valence-electron chi connectivity index (χ1n) is 8.59. The topological polar surface area (TPSA) is 60.5 Å².